The summed E-state index contributed by atoms with van der Waals surface area (Å²) in [7, 11) is 0.845. The highest BCUT2D eigenvalue weighted by molar-refractivity contribution is 7.85. The number of Topliss-reactive ketones (excluding diaryl/α,β-unsaturated/α-hetero) is 1. The van der Waals surface area contributed by atoms with Crippen molar-refractivity contribution in [3.05, 3.63) is 84.1 Å². The van der Waals surface area contributed by atoms with E-state index in [1.807, 2.05) is 0 Å². The predicted molar refractivity (Wildman–Crippen MR) is 182 cm³/mol. The van der Waals surface area contributed by atoms with E-state index in [1.165, 1.54) is 36.4 Å². The summed E-state index contributed by atoms with van der Waals surface area (Å²) in [6.45, 7) is 0.463. The Morgan fingerprint density at radius 3 is 2.35 bits per heavy atom. The van der Waals surface area contributed by atoms with Gasteiger partial charge >= 0.3 is 0 Å². The number of carbonyl (C=O) groups is 2. The average molecular weight is 690 g/mol. The molecule has 3 aliphatic rings. The molecule has 1 aliphatic heterocycles. The average Bonchev–Trinajstić information content (AvgIpc) is 4.04. The van der Waals surface area contributed by atoms with Crippen molar-refractivity contribution >= 4 is 39.1 Å². The van der Waals surface area contributed by atoms with E-state index in [9.17, 15) is 18.2 Å². The van der Waals surface area contributed by atoms with Crippen molar-refractivity contribution in [1.82, 2.24) is 10.3 Å². The van der Waals surface area contributed by atoms with Crippen molar-refractivity contribution in [3.63, 3.8) is 0 Å². The molecule has 3 aromatic carbocycles. The molecule has 9 nitrogen and oxygen atoms in total. The fourth-order valence-corrected chi connectivity index (χ4v) is 7.61. The lowest BCUT2D eigenvalue weighted by atomic mass is 9.94. The number of benzene rings is 3. The van der Waals surface area contributed by atoms with Crippen molar-refractivity contribution < 1.29 is 36.8 Å². The van der Waals surface area contributed by atoms with Crippen LogP contribution in [0.25, 0.3) is 10.9 Å². The molecule has 0 unspecified atom stereocenters. The summed E-state index contributed by atoms with van der Waals surface area (Å²) in [6.07, 6.45) is 6.07. The van der Waals surface area contributed by atoms with Crippen LogP contribution in [0.3, 0.4) is 0 Å². The zero-order valence-electron chi connectivity index (χ0n) is 27.1. The Labute approximate surface area is 285 Å². The number of fused-ring (bicyclic) bond motifs is 1. The van der Waals surface area contributed by atoms with Crippen LogP contribution in [-0.4, -0.2) is 57.7 Å². The van der Waals surface area contributed by atoms with Crippen LogP contribution in [0.15, 0.2) is 66.9 Å². The molecular formula is C37H37F2N3O6S. The zero-order chi connectivity index (χ0) is 34.2. The van der Waals surface area contributed by atoms with Crippen LogP contribution in [0.4, 0.5) is 14.5 Å². The molecule has 2 N–H and O–H groups in total. The summed E-state index contributed by atoms with van der Waals surface area (Å²) in [5.41, 5.74) is 0.118. The summed E-state index contributed by atoms with van der Waals surface area (Å²) in [6, 6.07) is 15.2. The number of pyridine rings is 1. The molecule has 12 heteroatoms. The van der Waals surface area contributed by atoms with Gasteiger partial charge in [-0.15, -0.1) is 0 Å². The van der Waals surface area contributed by atoms with Crippen molar-refractivity contribution in [3.8, 4) is 23.0 Å². The highest BCUT2D eigenvalue weighted by Crippen LogP contribution is 2.48. The Hall–Kier alpha value is -4.42. The maximum absolute atomic E-state index is 15.4. The highest BCUT2D eigenvalue weighted by Gasteiger charge is 2.55. The third-order valence-electron chi connectivity index (χ3n) is 9.64. The van der Waals surface area contributed by atoms with Crippen LogP contribution >= 0.6 is 0 Å². The third-order valence-corrected chi connectivity index (χ3v) is 11.0. The van der Waals surface area contributed by atoms with E-state index in [4.69, 9.17) is 14.2 Å². The lowest BCUT2D eigenvalue weighted by Gasteiger charge is -2.28. The van der Waals surface area contributed by atoms with Crippen LogP contribution in [0, 0.1) is 17.0 Å². The fourth-order valence-electron chi connectivity index (χ4n) is 6.31. The van der Waals surface area contributed by atoms with Crippen molar-refractivity contribution in [2.75, 3.05) is 30.5 Å². The first-order chi connectivity index (χ1) is 23.6. The number of amides is 1. The molecule has 1 amide bonds. The van der Waals surface area contributed by atoms with Gasteiger partial charge in [-0.1, -0.05) is 6.07 Å². The van der Waals surface area contributed by atoms with E-state index >= 15 is 4.39 Å². The first-order valence-electron chi connectivity index (χ1n) is 16.4. The smallest absolute Gasteiger partial charge is 0.238 e. The first-order valence-corrected chi connectivity index (χ1v) is 17.9. The minimum atomic E-state index is -1.18. The Balaban J connectivity index is 1.01. The van der Waals surface area contributed by atoms with Gasteiger partial charge in [-0.05, 0) is 92.6 Å². The maximum Gasteiger partial charge on any atom is 0.238 e. The van der Waals surface area contributed by atoms with Gasteiger partial charge in [0.1, 0.15) is 23.6 Å². The third kappa shape index (κ3) is 7.30. The van der Waals surface area contributed by atoms with E-state index in [-0.39, 0.29) is 23.5 Å². The molecule has 2 heterocycles. The molecule has 3 fully saturated rings. The van der Waals surface area contributed by atoms with Gasteiger partial charge in [0.15, 0.2) is 28.8 Å². The summed E-state index contributed by atoms with van der Waals surface area (Å²) < 4.78 is 58.3. The van der Waals surface area contributed by atoms with Crippen LogP contribution in [-0.2, 0) is 26.8 Å². The van der Waals surface area contributed by atoms with Crippen molar-refractivity contribution in [2.45, 2.75) is 56.5 Å². The number of aromatic nitrogens is 1. The molecular weight excluding hydrogens is 652 g/mol. The Kier molecular flexibility index (Phi) is 9.10. The standard InChI is InChI=1S/C37H37F2N3O6S/c1-46-32-20-27-29(21-33(32)47-22-36(11-12-36)42-26-9-16-49(45)17-10-26)40-15-8-30(27)48-31-7-2-23(18-28(31)39)19-34(43)37(13-14-37)35(44)41-25-5-3-24(38)4-6-25/h2-8,15,18,20-21,26,42H,9-14,16-17,19,22H2,1H3,(H,41,44). The maximum atomic E-state index is 15.4. The Morgan fingerprint density at radius 1 is 0.918 bits per heavy atom. The minimum Gasteiger partial charge on any atom is -0.493 e. The van der Waals surface area contributed by atoms with E-state index in [1.54, 1.807) is 37.6 Å². The monoisotopic (exact) mass is 689 g/mol. The summed E-state index contributed by atoms with van der Waals surface area (Å²) in [4.78, 5) is 30.6. The normalized spacial score (nSPS) is 20.3. The van der Waals surface area contributed by atoms with Gasteiger partial charge < -0.3 is 24.8 Å². The molecule has 0 spiro atoms. The minimum absolute atomic E-state index is 0.0357. The van der Waals surface area contributed by atoms with Gasteiger partial charge in [0.25, 0.3) is 0 Å². The fraction of sp³-hybridized carbons (Fsp3) is 0.378. The number of nitrogens with zero attached hydrogens (tertiary/aromatic N) is 1. The number of carbonyl (C=O) groups excluding carboxylic acids is 2. The van der Waals surface area contributed by atoms with Crippen LogP contribution in [0.2, 0.25) is 0 Å². The summed E-state index contributed by atoms with van der Waals surface area (Å²) in [5, 5.41) is 7.03. The number of nitrogens with one attached hydrogen (secondary N) is 2. The summed E-state index contributed by atoms with van der Waals surface area (Å²) in [5.74, 6) is 0.989. The molecule has 49 heavy (non-hydrogen) atoms. The highest BCUT2D eigenvalue weighted by atomic mass is 32.2. The number of methoxy groups -OCH3 is 1. The molecule has 7 rings (SSSR count). The number of hydrogen-bond acceptors (Lipinski definition) is 8. The van der Waals surface area contributed by atoms with Gasteiger partial charge in [0, 0.05) is 58.1 Å². The second-order valence-electron chi connectivity index (χ2n) is 13.2. The molecule has 0 atom stereocenters. The number of ketones is 1. The van der Waals surface area contributed by atoms with Crippen molar-refractivity contribution in [2.24, 2.45) is 5.41 Å². The number of ether oxygens (including phenoxy) is 3. The van der Waals surface area contributed by atoms with E-state index < -0.39 is 33.8 Å². The van der Waals surface area contributed by atoms with Gasteiger partial charge in [0.2, 0.25) is 5.91 Å². The number of rotatable bonds is 13. The zero-order valence-corrected chi connectivity index (χ0v) is 27.9. The first kappa shape index (κ1) is 33.1. The van der Waals surface area contributed by atoms with Gasteiger partial charge in [-0.3, -0.25) is 18.8 Å². The summed E-state index contributed by atoms with van der Waals surface area (Å²) >= 11 is 0. The molecule has 0 radical (unpaired) electrons. The Bertz CT molecular complexity index is 1920. The Morgan fingerprint density at radius 2 is 1.67 bits per heavy atom. The molecule has 1 aromatic heterocycles. The van der Waals surface area contributed by atoms with Crippen LogP contribution in [0.1, 0.15) is 44.1 Å². The van der Waals surface area contributed by atoms with Crippen LogP contribution < -0.4 is 24.8 Å². The number of anilines is 1. The van der Waals surface area contributed by atoms with Crippen molar-refractivity contribution in [1.29, 1.82) is 0 Å². The number of halogens is 2. The second-order valence-corrected chi connectivity index (χ2v) is 14.9. The predicted octanol–water partition coefficient (Wildman–Crippen LogP) is 6.26. The quantitative estimate of drug-likeness (QED) is 0.158. The van der Waals surface area contributed by atoms with Gasteiger partial charge in [-0.25, -0.2) is 8.78 Å². The number of hydrogen-bond donors (Lipinski definition) is 2. The molecule has 2 saturated carbocycles. The molecule has 0 bridgehead atoms. The largest absolute Gasteiger partial charge is 0.493 e. The SMILES string of the molecule is COc1cc2c(Oc3ccc(CC(=O)C4(C(=O)Nc5ccc(F)cc5)CC4)cc3F)ccnc2cc1OCC1(NC2CCS(=O)CC2)CC1. The lowest BCUT2D eigenvalue weighted by Crippen LogP contribution is -2.46. The van der Waals surface area contributed by atoms with Crippen LogP contribution in [0.5, 0.6) is 23.0 Å². The molecule has 4 aromatic rings. The molecule has 2 aliphatic carbocycles. The topological polar surface area (TPSA) is 116 Å². The van der Waals surface area contributed by atoms with E-state index in [0.29, 0.717) is 64.9 Å². The molecule has 1 saturated heterocycles. The second kappa shape index (κ2) is 13.5. The lowest BCUT2D eigenvalue weighted by molar-refractivity contribution is -0.132. The van der Waals surface area contributed by atoms with E-state index in [0.717, 1.165) is 37.2 Å². The molecule has 256 valence electrons. The van der Waals surface area contributed by atoms with E-state index in [2.05, 4.69) is 15.6 Å². The van der Waals surface area contributed by atoms with Gasteiger partial charge in [0.05, 0.1) is 18.2 Å². The van der Waals surface area contributed by atoms with Gasteiger partial charge in [-0.2, -0.15) is 0 Å².